The summed E-state index contributed by atoms with van der Waals surface area (Å²) < 4.78 is 35.6. The number of hydrogen-bond donors (Lipinski definition) is 1. The van der Waals surface area contributed by atoms with Gasteiger partial charge in [0.25, 0.3) is 0 Å². The Labute approximate surface area is 75.2 Å². The van der Waals surface area contributed by atoms with Gasteiger partial charge in [0.15, 0.2) is 0 Å². The summed E-state index contributed by atoms with van der Waals surface area (Å²) in [4.78, 5) is 12.7. The number of carboxylic acid groups (broad SMARTS) is 1. The molecule has 0 aliphatic carbocycles. The normalized spacial score (nSPS) is 10.2. The predicted octanol–water partition coefficient (Wildman–Crippen LogP) is 1.48. The van der Waals surface area contributed by atoms with Gasteiger partial charge in [0, 0.05) is 0 Å². The number of halogens is 3. The minimum Gasteiger partial charge on any atom is -0.475 e. The van der Waals surface area contributed by atoms with E-state index >= 15 is 0 Å². The Morgan fingerprint density at radius 2 is 2.08 bits per heavy atom. The molecule has 1 rings (SSSR count). The molecule has 4 nitrogen and oxygen atoms in total. The lowest BCUT2D eigenvalue weighted by Gasteiger charge is -1.93. The van der Waals surface area contributed by atoms with Crippen LogP contribution in [-0.4, -0.2) is 26.6 Å². The molecule has 0 spiro atoms. The van der Waals surface area contributed by atoms with E-state index in [0.29, 0.717) is 0 Å². The zero-order valence-electron chi connectivity index (χ0n) is 6.37. The Balaban J connectivity index is 0.000000223. The van der Waals surface area contributed by atoms with Gasteiger partial charge in [-0.3, -0.25) is 0 Å². The number of alkyl halides is 3. The Hall–Kier alpha value is -1.18. The molecule has 13 heavy (non-hydrogen) atoms. The lowest BCUT2D eigenvalue weighted by molar-refractivity contribution is -0.192. The standard InChI is InChI=1S/C3H4N2S.C2HF3O2/c1-3-4-2-6-5-3;3-2(4,5)1(6)7/h2H,1H3;(H,6,7). The summed E-state index contributed by atoms with van der Waals surface area (Å²) in [5.74, 6) is -1.90. The lowest BCUT2D eigenvalue weighted by atomic mass is 10.7. The van der Waals surface area contributed by atoms with Crippen LogP contribution < -0.4 is 0 Å². The molecule has 0 fully saturated rings. The highest BCUT2D eigenvalue weighted by Gasteiger charge is 2.38. The van der Waals surface area contributed by atoms with Crippen molar-refractivity contribution >= 4 is 17.5 Å². The first kappa shape index (κ1) is 11.8. The molecule has 0 unspecified atom stereocenters. The summed E-state index contributed by atoms with van der Waals surface area (Å²) >= 11 is 1.38. The highest BCUT2D eigenvalue weighted by atomic mass is 32.1. The van der Waals surface area contributed by atoms with Gasteiger partial charge in [0.1, 0.15) is 11.3 Å². The fraction of sp³-hybridized carbons (Fsp3) is 0.400. The van der Waals surface area contributed by atoms with Crippen molar-refractivity contribution in [3.63, 3.8) is 0 Å². The second-order valence-corrected chi connectivity index (χ2v) is 2.39. The van der Waals surface area contributed by atoms with Crippen LogP contribution in [0.15, 0.2) is 5.51 Å². The van der Waals surface area contributed by atoms with Crippen LogP contribution in [0.3, 0.4) is 0 Å². The molecular formula is C5H5F3N2O2S. The largest absolute Gasteiger partial charge is 0.490 e. The van der Waals surface area contributed by atoms with Gasteiger partial charge in [-0.2, -0.15) is 17.5 Å². The minimum atomic E-state index is -5.08. The van der Waals surface area contributed by atoms with Gasteiger partial charge in [-0.1, -0.05) is 0 Å². The van der Waals surface area contributed by atoms with Crippen LogP contribution in [-0.2, 0) is 4.79 Å². The zero-order valence-corrected chi connectivity index (χ0v) is 7.19. The predicted molar refractivity (Wildman–Crippen MR) is 38.3 cm³/mol. The van der Waals surface area contributed by atoms with E-state index in [9.17, 15) is 13.2 Å². The van der Waals surface area contributed by atoms with Gasteiger partial charge < -0.3 is 5.11 Å². The quantitative estimate of drug-likeness (QED) is 0.710. The summed E-state index contributed by atoms with van der Waals surface area (Å²) in [6.45, 7) is 1.87. The molecule has 0 aliphatic heterocycles. The van der Waals surface area contributed by atoms with Crippen LogP contribution in [0.25, 0.3) is 0 Å². The van der Waals surface area contributed by atoms with Crippen molar-refractivity contribution in [3.8, 4) is 0 Å². The van der Waals surface area contributed by atoms with Crippen molar-refractivity contribution in [3.05, 3.63) is 11.3 Å². The first-order chi connectivity index (χ1) is 5.84. The lowest BCUT2D eigenvalue weighted by Crippen LogP contribution is -2.21. The summed E-state index contributed by atoms with van der Waals surface area (Å²) in [7, 11) is 0. The summed E-state index contributed by atoms with van der Waals surface area (Å²) in [6, 6.07) is 0. The van der Waals surface area contributed by atoms with Gasteiger partial charge >= 0.3 is 12.1 Å². The Kier molecular flexibility index (Phi) is 4.32. The molecule has 0 saturated carbocycles. The van der Waals surface area contributed by atoms with E-state index < -0.39 is 12.1 Å². The smallest absolute Gasteiger partial charge is 0.475 e. The van der Waals surface area contributed by atoms with Crippen molar-refractivity contribution in [1.82, 2.24) is 9.36 Å². The molecule has 1 heterocycles. The first-order valence-electron chi connectivity index (χ1n) is 2.87. The SMILES string of the molecule is Cc1ncsn1.O=C(O)C(F)(F)F. The van der Waals surface area contributed by atoms with Crippen molar-refractivity contribution in [1.29, 1.82) is 0 Å². The Morgan fingerprint density at radius 3 is 2.15 bits per heavy atom. The average molecular weight is 214 g/mol. The van der Waals surface area contributed by atoms with E-state index in [1.807, 2.05) is 6.92 Å². The summed E-state index contributed by atoms with van der Waals surface area (Å²) in [6.07, 6.45) is -5.08. The van der Waals surface area contributed by atoms with Crippen LogP contribution in [0.4, 0.5) is 13.2 Å². The number of carbonyl (C=O) groups is 1. The molecule has 1 aromatic heterocycles. The van der Waals surface area contributed by atoms with Crippen molar-refractivity contribution in [2.45, 2.75) is 13.1 Å². The topological polar surface area (TPSA) is 63.1 Å². The van der Waals surface area contributed by atoms with Crippen LogP contribution in [0.1, 0.15) is 5.82 Å². The number of aromatic nitrogens is 2. The van der Waals surface area contributed by atoms with E-state index in [0.717, 1.165) is 5.82 Å². The van der Waals surface area contributed by atoms with E-state index in [-0.39, 0.29) is 0 Å². The van der Waals surface area contributed by atoms with Crippen molar-refractivity contribution in [2.75, 3.05) is 0 Å². The molecule has 0 radical (unpaired) electrons. The number of carboxylic acids is 1. The van der Waals surface area contributed by atoms with Gasteiger partial charge in [0.2, 0.25) is 0 Å². The van der Waals surface area contributed by atoms with Crippen molar-refractivity contribution in [2.24, 2.45) is 0 Å². The maximum absolute atomic E-state index is 10.6. The van der Waals surface area contributed by atoms with Crippen molar-refractivity contribution < 1.29 is 23.1 Å². The Bertz CT molecular complexity index is 259. The fourth-order valence-electron chi connectivity index (χ4n) is 0.223. The number of aryl methyl sites for hydroxylation is 1. The third-order valence-corrected chi connectivity index (χ3v) is 1.28. The van der Waals surface area contributed by atoms with Gasteiger partial charge in [0.05, 0.1) is 0 Å². The third-order valence-electron chi connectivity index (χ3n) is 0.714. The molecule has 0 bridgehead atoms. The highest BCUT2D eigenvalue weighted by Crippen LogP contribution is 2.13. The molecule has 74 valence electrons. The Morgan fingerprint density at radius 1 is 1.62 bits per heavy atom. The van der Waals surface area contributed by atoms with Crippen LogP contribution in [0.5, 0.6) is 0 Å². The zero-order chi connectivity index (χ0) is 10.5. The van der Waals surface area contributed by atoms with E-state index in [1.165, 1.54) is 11.5 Å². The number of hydrogen-bond acceptors (Lipinski definition) is 4. The molecular weight excluding hydrogens is 209 g/mol. The molecule has 0 atom stereocenters. The molecule has 0 aliphatic rings. The fourth-order valence-corrected chi connectivity index (χ4v) is 0.670. The van der Waals surface area contributed by atoms with Gasteiger partial charge in [-0.05, 0) is 18.5 Å². The number of nitrogens with zero attached hydrogens (tertiary/aromatic N) is 2. The third kappa shape index (κ3) is 6.02. The summed E-state index contributed by atoms with van der Waals surface area (Å²) in [5.41, 5.74) is 1.72. The molecule has 0 aromatic carbocycles. The molecule has 8 heteroatoms. The van der Waals surface area contributed by atoms with Crippen LogP contribution >= 0.6 is 11.5 Å². The molecule has 1 aromatic rings. The van der Waals surface area contributed by atoms with Crippen LogP contribution in [0.2, 0.25) is 0 Å². The second kappa shape index (κ2) is 4.75. The maximum atomic E-state index is 10.6. The monoisotopic (exact) mass is 214 g/mol. The highest BCUT2D eigenvalue weighted by molar-refractivity contribution is 7.03. The van der Waals surface area contributed by atoms with E-state index in [2.05, 4.69) is 9.36 Å². The minimum absolute atomic E-state index is 0.861. The van der Waals surface area contributed by atoms with Crippen LogP contribution in [0, 0.1) is 6.92 Å². The first-order valence-corrected chi connectivity index (χ1v) is 3.70. The van der Waals surface area contributed by atoms with E-state index in [4.69, 9.17) is 9.90 Å². The number of rotatable bonds is 0. The maximum Gasteiger partial charge on any atom is 0.490 e. The van der Waals surface area contributed by atoms with Gasteiger partial charge in [-0.25, -0.2) is 9.78 Å². The molecule has 0 amide bonds. The summed E-state index contributed by atoms with van der Waals surface area (Å²) in [5, 5.41) is 7.12. The number of aliphatic carboxylic acids is 1. The average Bonchev–Trinajstić information content (AvgIpc) is 2.38. The molecule has 0 saturated heterocycles. The second-order valence-electron chi connectivity index (χ2n) is 1.78. The van der Waals surface area contributed by atoms with E-state index in [1.54, 1.807) is 5.51 Å². The molecule has 1 N–H and O–H groups in total. The van der Waals surface area contributed by atoms with Gasteiger partial charge in [-0.15, -0.1) is 0 Å².